The molecular weight excluding hydrogens is 313 g/mol. The van der Waals surface area contributed by atoms with E-state index in [-0.39, 0.29) is 12.2 Å². The molecule has 1 atom stereocenters. The van der Waals surface area contributed by atoms with Crippen LogP contribution >= 0.6 is 0 Å². The molecular formula is C15H13F3N2O3. The SMILES string of the molecule is O=[N+]([O-])c1cc(C(F)(F)F)ccc1NC[C@H](O)c1ccccc1. The molecule has 0 saturated heterocycles. The Bertz CT molecular complexity index is 690. The zero-order chi connectivity index (χ0) is 17.0. The molecule has 2 aromatic rings. The van der Waals surface area contributed by atoms with Crippen LogP contribution in [0.3, 0.4) is 0 Å². The summed E-state index contributed by atoms with van der Waals surface area (Å²) in [6, 6.07) is 10.8. The van der Waals surface area contributed by atoms with Crippen LogP contribution in [0.4, 0.5) is 24.5 Å². The second kappa shape index (κ2) is 6.66. The monoisotopic (exact) mass is 326 g/mol. The van der Waals surface area contributed by atoms with E-state index in [1.165, 1.54) is 0 Å². The lowest BCUT2D eigenvalue weighted by Crippen LogP contribution is -2.14. The van der Waals surface area contributed by atoms with Gasteiger partial charge in [-0.05, 0) is 17.7 Å². The van der Waals surface area contributed by atoms with Crippen molar-refractivity contribution in [2.45, 2.75) is 12.3 Å². The lowest BCUT2D eigenvalue weighted by molar-refractivity contribution is -0.384. The molecule has 0 aliphatic rings. The number of rotatable bonds is 5. The third kappa shape index (κ3) is 4.19. The number of nitro groups is 1. The molecule has 0 fully saturated rings. The third-order valence-corrected chi connectivity index (χ3v) is 3.19. The molecule has 23 heavy (non-hydrogen) atoms. The van der Waals surface area contributed by atoms with Gasteiger partial charge in [0.05, 0.1) is 16.6 Å². The van der Waals surface area contributed by atoms with Gasteiger partial charge in [-0.3, -0.25) is 10.1 Å². The molecule has 0 heterocycles. The number of aliphatic hydroxyl groups is 1. The Labute approximate surface area is 129 Å². The molecule has 0 aliphatic carbocycles. The van der Waals surface area contributed by atoms with Crippen LogP contribution in [0.1, 0.15) is 17.2 Å². The van der Waals surface area contributed by atoms with E-state index in [1.54, 1.807) is 30.3 Å². The van der Waals surface area contributed by atoms with Crippen LogP contribution in [0.25, 0.3) is 0 Å². The maximum absolute atomic E-state index is 12.6. The number of nitrogens with one attached hydrogen (secondary N) is 1. The average molecular weight is 326 g/mol. The van der Waals surface area contributed by atoms with Crippen molar-refractivity contribution in [2.75, 3.05) is 11.9 Å². The second-order valence-corrected chi connectivity index (χ2v) is 4.79. The van der Waals surface area contributed by atoms with E-state index in [2.05, 4.69) is 5.32 Å². The van der Waals surface area contributed by atoms with E-state index in [4.69, 9.17) is 0 Å². The van der Waals surface area contributed by atoms with Gasteiger partial charge in [0.1, 0.15) is 5.69 Å². The maximum Gasteiger partial charge on any atom is 0.416 e. The molecule has 0 aromatic heterocycles. The van der Waals surface area contributed by atoms with Gasteiger partial charge in [0.2, 0.25) is 0 Å². The van der Waals surface area contributed by atoms with E-state index < -0.39 is 28.5 Å². The molecule has 2 aromatic carbocycles. The number of nitrogens with zero attached hydrogens (tertiary/aromatic N) is 1. The second-order valence-electron chi connectivity index (χ2n) is 4.79. The molecule has 0 aliphatic heterocycles. The highest BCUT2D eigenvalue weighted by Crippen LogP contribution is 2.35. The number of hydrogen-bond acceptors (Lipinski definition) is 4. The number of aliphatic hydroxyl groups excluding tert-OH is 1. The highest BCUT2D eigenvalue weighted by Gasteiger charge is 2.33. The topological polar surface area (TPSA) is 75.4 Å². The molecule has 2 rings (SSSR count). The minimum atomic E-state index is -4.66. The van der Waals surface area contributed by atoms with Crippen LogP contribution in [0.5, 0.6) is 0 Å². The first kappa shape index (κ1) is 16.8. The minimum absolute atomic E-state index is 0.0732. The van der Waals surface area contributed by atoms with Crippen LogP contribution in [0.15, 0.2) is 48.5 Å². The summed E-state index contributed by atoms with van der Waals surface area (Å²) in [5.74, 6) is 0. The normalized spacial score (nSPS) is 12.7. The molecule has 122 valence electrons. The Hall–Kier alpha value is -2.61. The van der Waals surface area contributed by atoms with Crippen LogP contribution in [-0.2, 0) is 6.18 Å². The first-order valence-corrected chi connectivity index (χ1v) is 6.61. The van der Waals surface area contributed by atoms with E-state index >= 15 is 0 Å². The highest BCUT2D eigenvalue weighted by molar-refractivity contribution is 5.63. The Kier molecular flexibility index (Phi) is 4.85. The molecule has 0 radical (unpaired) electrons. The van der Waals surface area contributed by atoms with Gasteiger partial charge < -0.3 is 10.4 Å². The smallest absolute Gasteiger partial charge is 0.387 e. The average Bonchev–Trinajstić information content (AvgIpc) is 2.52. The first-order valence-electron chi connectivity index (χ1n) is 6.61. The summed E-state index contributed by atoms with van der Waals surface area (Å²) in [5.41, 5.74) is -1.29. The summed E-state index contributed by atoms with van der Waals surface area (Å²) >= 11 is 0. The molecule has 8 heteroatoms. The van der Waals surface area contributed by atoms with Crippen molar-refractivity contribution < 1.29 is 23.2 Å². The van der Waals surface area contributed by atoms with Gasteiger partial charge in [-0.15, -0.1) is 0 Å². The third-order valence-electron chi connectivity index (χ3n) is 3.19. The standard InChI is InChI=1S/C15H13F3N2O3/c16-15(17,18)11-6-7-12(13(8-11)20(22)23)19-9-14(21)10-4-2-1-3-5-10/h1-8,14,19,21H,9H2/t14-/m0/s1. The van der Waals surface area contributed by atoms with Crippen molar-refractivity contribution in [3.8, 4) is 0 Å². The summed E-state index contributed by atoms with van der Waals surface area (Å²) < 4.78 is 37.8. The number of nitro benzene ring substituents is 1. The lowest BCUT2D eigenvalue weighted by Gasteiger charge is -2.14. The van der Waals surface area contributed by atoms with Crippen molar-refractivity contribution in [2.24, 2.45) is 0 Å². The van der Waals surface area contributed by atoms with E-state index in [0.29, 0.717) is 11.6 Å². The van der Waals surface area contributed by atoms with Crippen LogP contribution in [0.2, 0.25) is 0 Å². The van der Waals surface area contributed by atoms with Crippen molar-refractivity contribution in [1.82, 2.24) is 0 Å². The van der Waals surface area contributed by atoms with Crippen molar-refractivity contribution in [3.05, 3.63) is 69.8 Å². The molecule has 0 unspecified atom stereocenters. The van der Waals surface area contributed by atoms with Gasteiger partial charge in [0.25, 0.3) is 5.69 Å². The fourth-order valence-electron chi connectivity index (χ4n) is 2.01. The summed E-state index contributed by atoms with van der Waals surface area (Å²) in [7, 11) is 0. The van der Waals surface area contributed by atoms with Crippen molar-refractivity contribution in [1.29, 1.82) is 0 Å². The van der Waals surface area contributed by atoms with Crippen molar-refractivity contribution >= 4 is 11.4 Å². The molecule has 0 saturated carbocycles. The van der Waals surface area contributed by atoms with Gasteiger partial charge in [-0.1, -0.05) is 30.3 Å². The lowest BCUT2D eigenvalue weighted by atomic mass is 10.1. The quantitative estimate of drug-likeness (QED) is 0.648. The zero-order valence-electron chi connectivity index (χ0n) is 11.7. The number of hydrogen-bond donors (Lipinski definition) is 2. The largest absolute Gasteiger partial charge is 0.416 e. The number of halogens is 3. The van der Waals surface area contributed by atoms with Gasteiger partial charge in [0, 0.05) is 12.6 Å². The number of alkyl halides is 3. The maximum atomic E-state index is 12.6. The number of benzene rings is 2. The molecule has 2 N–H and O–H groups in total. The van der Waals surface area contributed by atoms with Gasteiger partial charge in [-0.25, -0.2) is 0 Å². The Morgan fingerprint density at radius 1 is 1.17 bits per heavy atom. The molecule has 0 bridgehead atoms. The molecule has 0 amide bonds. The predicted molar refractivity (Wildman–Crippen MR) is 78.0 cm³/mol. The van der Waals surface area contributed by atoms with E-state index in [1.807, 2.05) is 0 Å². The first-order chi connectivity index (χ1) is 10.8. The Balaban J connectivity index is 2.18. The summed E-state index contributed by atoms with van der Waals surface area (Å²) in [6.07, 6.45) is -5.61. The molecule has 5 nitrogen and oxygen atoms in total. The fourth-order valence-corrected chi connectivity index (χ4v) is 2.01. The van der Waals surface area contributed by atoms with Crippen LogP contribution in [-0.4, -0.2) is 16.6 Å². The molecule has 0 spiro atoms. The van der Waals surface area contributed by atoms with Crippen LogP contribution in [0, 0.1) is 10.1 Å². The Morgan fingerprint density at radius 2 is 1.83 bits per heavy atom. The zero-order valence-corrected chi connectivity index (χ0v) is 11.7. The van der Waals surface area contributed by atoms with Gasteiger partial charge in [0.15, 0.2) is 0 Å². The Morgan fingerprint density at radius 3 is 2.39 bits per heavy atom. The van der Waals surface area contributed by atoms with Crippen molar-refractivity contribution in [3.63, 3.8) is 0 Å². The summed E-state index contributed by atoms with van der Waals surface area (Å²) in [4.78, 5) is 10.1. The van der Waals surface area contributed by atoms with Gasteiger partial charge >= 0.3 is 6.18 Å². The van der Waals surface area contributed by atoms with Crippen LogP contribution < -0.4 is 5.32 Å². The minimum Gasteiger partial charge on any atom is -0.387 e. The summed E-state index contributed by atoms with van der Waals surface area (Å²) in [5, 5.41) is 23.5. The predicted octanol–water partition coefficient (Wildman–Crippen LogP) is 3.76. The van der Waals surface area contributed by atoms with Gasteiger partial charge in [-0.2, -0.15) is 13.2 Å². The highest BCUT2D eigenvalue weighted by atomic mass is 19.4. The number of anilines is 1. The summed E-state index contributed by atoms with van der Waals surface area (Å²) in [6.45, 7) is -0.0732. The van der Waals surface area contributed by atoms with E-state index in [0.717, 1.165) is 12.1 Å². The van der Waals surface area contributed by atoms with E-state index in [9.17, 15) is 28.4 Å². The fraction of sp³-hybridized carbons (Fsp3) is 0.200.